The van der Waals surface area contributed by atoms with Gasteiger partial charge in [-0.25, -0.2) is 8.42 Å². The maximum absolute atomic E-state index is 12.5. The molecule has 1 aromatic carbocycles. The molecule has 120 valence electrons. The van der Waals surface area contributed by atoms with Crippen molar-refractivity contribution >= 4 is 21.4 Å². The Morgan fingerprint density at radius 3 is 2.55 bits per heavy atom. The molecule has 0 saturated heterocycles. The van der Waals surface area contributed by atoms with Crippen molar-refractivity contribution < 1.29 is 18.2 Å². The molecule has 0 aliphatic heterocycles. The van der Waals surface area contributed by atoms with Gasteiger partial charge in [0.05, 0.1) is 17.7 Å². The minimum atomic E-state index is -3.99. The van der Waals surface area contributed by atoms with Crippen molar-refractivity contribution in [2.45, 2.75) is 23.8 Å². The highest BCUT2D eigenvalue weighted by molar-refractivity contribution is 7.89. The maximum atomic E-state index is 12.5. The maximum Gasteiger partial charge on any atom is 0.270 e. The third-order valence-corrected chi connectivity index (χ3v) is 5.14. The van der Waals surface area contributed by atoms with Crippen LogP contribution in [0, 0.1) is 10.1 Å². The van der Waals surface area contributed by atoms with Crippen molar-refractivity contribution in [3.8, 4) is 0 Å². The number of sulfonamides is 1. The van der Waals surface area contributed by atoms with E-state index in [1.165, 1.54) is 26.3 Å². The van der Waals surface area contributed by atoms with Gasteiger partial charge >= 0.3 is 0 Å². The number of hydrogen-bond donors (Lipinski definition) is 1. The molecular formula is C13H17N3O5S. The van der Waals surface area contributed by atoms with Crippen molar-refractivity contribution in [3.63, 3.8) is 0 Å². The van der Waals surface area contributed by atoms with Crippen LogP contribution in [0.15, 0.2) is 35.2 Å². The fourth-order valence-electron chi connectivity index (χ4n) is 2.15. The van der Waals surface area contributed by atoms with Crippen LogP contribution < -0.4 is 5.32 Å². The Balaban J connectivity index is 2.46. The van der Waals surface area contributed by atoms with Crippen LogP contribution in [0.3, 0.4) is 0 Å². The summed E-state index contributed by atoms with van der Waals surface area (Å²) in [5, 5.41) is 14.0. The van der Waals surface area contributed by atoms with E-state index in [-0.39, 0.29) is 16.6 Å². The minimum Gasteiger partial charge on any atom is -0.381 e. The summed E-state index contributed by atoms with van der Waals surface area (Å²) in [5.74, 6) is 0. The molecule has 1 aliphatic rings. The monoisotopic (exact) mass is 327 g/mol. The summed E-state index contributed by atoms with van der Waals surface area (Å²) >= 11 is 0. The SMILES string of the molecule is CON(C)S(=O)(=O)c1cc([N+](=O)[O-])ccc1NC1CC=CC1. The molecule has 0 fully saturated rings. The van der Waals surface area contributed by atoms with Gasteiger partial charge in [0, 0.05) is 25.2 Å². The zero-order chi connectivity index (χ0) is 16.3. The molecule has 0 amide bonds. The highest BCUT2D eigenvalue weighted by Gasteiger charge is 2.28. The number of nitro benzene ring substituents is 1. The number of non-ortho nitro benzene ring substituents is 1. The molecule has 0 bridgehead atoms. The topological polar surface area (TPSA) is 102 Å². The third-order valence-electron chi connectivity index (χ3n) is 3.42. The molecule has 0 saturated carbocycles. The smallest absolute Gasteiger partial charge is 0.270 e. The van der Waals surface area contributed by atoms with E-state index in [0.717, 1.165) is 18.9 Å². The lowest BCUT2D eigenvalue weighted by molar-refractivity contribution is -0.385. The van der Waals surface area contributed by atoms with E-state index in [4.69, 9.17) is 4.84 Å². The van der Waals surface area contributed by atoms with Gasteiger partial charge in [0.15, 0.2) is 0 Å². The van der Waals surface area contributed by atoms with Gasteiger partial charge in [-0.05, 0) is 18.9 Å². The molecule has 0 radical (unpaired) electrons. The largest absolute Gasteiger partial charge is 0.381 e. The summed E-state index contributed by atoms with van der Waals surface area (Å²) in [7, 11) is -1.55. The number of benzene rings is 1. The number of hydrogen-bond acceptors (Lipinski definition) is 6. The second-order valence-electron chi connectivity index (χ2n) is 4.82. The van der Waals surface area contributed by atoms with Crippen LogP contribution in [0.1, 0.15) is 12.8 Å². The number of rotatable bonds is 6. The van der Waals surface area contributed by atoms with Gasteiger partial charge < -0.3 is 5.32 Å². The fourth-order valence-corrected chi connectivity index (χ4v) is 3.30. The molecule has 0 atom stereocenters. The van der Waals surface area contributed by atoms with Crippen molar-refractivity contribution in [3.05, 3.63) is 40.5 Å². The van der Waals surface area contributed by atoms with Gasteiger partial charge in [0.25, 0.3) is 15.7 Å². The normalized spacial score (nSPS) is 15.4. The molecule has 0 heterocycles. The molecule has 9 heteroatoms. The lowest BCUT2D eigenvalue weighted by atomic mass is 10.2. The van der Waals surface area contributed by atoms with Crippen molar-refractivity contribution in [2.75, 3.05) is 19.5 Å². The summed E-state index contributed by atoms with van der Waals surface area (Å²) in [6, 6.07) is 3.79. The van der Waals surface area contributed by atoms with Gasteiger partial charge in [-0.15, -0.1) is 0 Å². The molecule has 22 heavy (non-hydrogen) atoms. The summed E-state index contributed by atoms with van der Waals surface area (Å²) in [4.78, 5) is 14.8. The van der Waals surface area contributed by atoms with E-state index < -0.39 is 14.9 Å². The van der Waals surface area contributed by atoms with Crippen LogP contribution in [0.5, 0.6) is 0 Å². The number of nitrogens with zero attached hydrogens (tertiary/aromatic N) is 2. The second-order valence-corrected chi connectivity index (χ2v) is 6.72. The van der Waals surface area contributed by atoms with E-state index in [1.54, 1.807) is 0 Å². The molecule has 8 nitrogen and oxygen atoms in total. The van der Waals surface area contributed by atoms with Gasteiger partial charge in [0.2, 0.25) is 0 Å². The number of anilines is 1. The Bertz CT molecular complexity index is 694. The lowest BCUT2D eigenvalue weighted by Gasteiger charge is -2.20. The molecule has 0 unspecified atom stereocenters. The quantitative estimate of drug-likeness (QED) is 0.486. The van der Waals surface area contributed by atoms with Gasteiger partial charge in [-0.2, -0.15) is 0 Å². The van der Waals surface area contributed by atoms with Crippen LogP contribution in [0.25, 0.3) is 0 Å². The average Bonchev–Trinajstić information content (AvgIpc) is 2.99. The zero-order valence-electron chi connectivity index (χ0n) is 12.2. The Kier molecular flexibility index (Phi) is 4.79. The predicted molar refractivity (Wildman–Crippen MR) is 80.8 cm³/mol. The summed E-state index contributed by atoms with van der Waals surface area (Å²) in [6.45, 7) is 0. The molecule has 2 rings (SSSR count). The predicted octanol–water partition coefficient (Wildman–Crippen LogP) is 1.91. The van der Waals surface area contributed by atoms with Crippen LogP contribution in [0.2, 0.25) is 0 Å². The van der Waals surface area contributed by atoms with E-state index >= 15 is 0 Å². The summed E-state index contributed by atoms with van der Waals surface area (Å²) in [5.41, 5.74) is 0.0291. The number of nitro groups is 1. The van der Waals surface area contributed by atoms with Gasteiger partial charge in [-0.3, -0.25) is 15.0 Å². The Morgan fingerprint density at radius 2 is 2.00 bits per heavy atom. The molecule has 1 aliphatic carbocycles. The summed E-state index contributed by atoms with van der Waals surface area (Å²) < 4.78 is 25.6. The Morgan fingerprint density at radius 1 is 1.36 bits per heavy atom. The van der Waals surface area contributed by atoms with E-state index in [0.29, 0.717) is 10.2 Å². The molecule has 0 aromatic heterocycles. The Hall–Kier alpha value is -1.97. The van der Waals surface area contributed by atoms with E-state index in [1.807, 2.05) is 12.2 Å². The van der Waals surface area contributed by atoms with Crippen LogP contribution in [0.4, 0.5) is 11.4 Å². The number of hydroxylamine groups is 1. The van der Waals surface area contributed by atoms with E-state index in [2.05, 4.69) is 5.32 Å². The number of nitrogens with one attached hydrogen (secondary N) is 1. The van der Waals surface area contributed by atoms with Gasteiger partial charge in [-0.1, -0.05) is 16.6 Å². The minimum absolute atomic E-state index is 0.0725. The highest BCUT2D eigenvalue weighted by Crippen LogP contribution is 2.30. The van der Waals surface area contributed by atoms with Crippen LogP contribution in [-0.4, -0.2) is 38.0 Å². The van der Waals surface area contributed by atoms with Crippen LogP contribution >= 0.6 is 0 Å². The fraction of sp³-hybridized carbons (Fsp3) is 0.385. The first kappa shape index (κ1) is 16.4. The first-order valence-corrected chi connectivity index (χ1v) is 8.03. The summed E-state index contributed by atoms with van der Waals surface area (Å²) in [6.07, 6.45) is 5.55. The van der Waals surface area contributed by atoms with E-state index in [9.17, 15) is 18.5 Å². The van der Waals surface area contributed by atoms with Crippen molar-refractivity contribution in [2.24, 2.45) is 0 Å². The van der Waals surface area contributed by atoms with Crippen molar-refractivity contribution in [1.82, 2.24) is 4.47 Å². The first-order valence-electron chi connectivity index (χ1n) is 6.59. The molecule has 1 aromatic rings. The average molecular weight is 327 g/mol. The molecular weight excluding hydrogens is 310 g/mol. The Labute approximate surface area is 128 Å². The molecule has 1 N–H and O–H groups in total. The third kappa shape index (κ3) is 3.26. The lowest BCUT2D eigenvalue weighted by Crippen LogP contribution is -2.27. The van der Waals surface area contributed by atoms with Crippen LogP contribution in [-0.2, 0) is 14.9 Å². The zero-order valence-corrected chi connectivity index (χ0v) is 13.0. The first-order chi connectivity index (χ1) is 10.4. The standard InChI is InChI=1S/C13H17N3O5S/c1-15(21-2)22(19,20)13-9-11(16(17)18)7-8-12(13)14-10-5-3-4-6-10/h3-4,7-10,14H,5-6H2,1-2H3. The van der Waals surface area contributed by atoms with Gasteiger partial charge in [0.1, 0.15) is 4.90 Å². The highest BCUT2D eigenvalue weighted by atomic mass is 32.2. The van der Waals surface area contributed by atoms with Crippen molar-refractivity contribution in [1.29, 1.82) is 0 Å². The second kappa shape index (κ2) is 6.42. The molecule has 0 spiro atoms.